The van der Waals surface area contributed by atoms with Crippen LogP contribution in [0.2, 0.25) is 0 Å². The van der Waals surface area contributed by atoms with Gasteiger partial charge in [-0.25, -0.2) is 4.79 Å². The lowest BCUT2D eigenvalue weighted by molar-refractivity contribution is 0.0381. The lowest BCUT2D eigenvalue weighted by Crippen LogP contribution is -2.46. The molecule has 1 aliphatic heterocycles. The second kappa shape index (κ2) is 5.06. The van der Waals surface area contributed by atoms with Gasteiger partial charge in [0.25, 0.3) is 0 Å². The summed E-state index contributed by atoms with van der Waals surface area (Å²) in [4.78, 5) is 11.3. The van der Waals surface area contributed by atoms with E-state index in [4.69, 9.17) is 4.74 Å². The Morgan fingerprint density at radius 3 is 2.72 bits per heavy atom. The summed E-state index contributed by atoms with van der Waals surface area (Å²) in [6, 6.07) is 5.24. The van der Waals surface area contributed by atoms with Gasteiger partial charge in [0.1, 0.15) is 12.4 Å². The highest BCUT2D eigenvalue weighted by molar-refractivity contribution is 5.85. The van der Waals surface area contributed by atoms with Crippen molar-refractivity contribution in [1.82, 2.24) is 5.32 Å². The molecule has 1 fully saturated rings. The number of alkyl carbamates (subject to hydrolysis) is 1. The van der Waals surface area contributed by atoms with Gasteiger partial charge in [0, 0.05) is 11.0 Å². The Kier molecular flexibility index (Phi) is 4.12. The summed E-state index contributed by atoms with van der Waals surface area (Å²) in [5.74, 6) is 0.213. The average molecular weight is 272 g/mol. The summed E-state index contributed by atoms with van der Waals surface area (Å²) < 4.78 is 4.98. The maximum Gasteiger partial charge on any atom is 0.407 e. The van der Waals surface area contributed by atoms with E-state index >= 15 is 0 Å². The second-order valence-electron chi connectivity index (χ2n) is 5.20. The molecule has 1 amide bonds. The quantitative estimate of drug-likeness (QED) is 0.826. The molecule has 1 saturated heterocycles. The molecule has 1 aromatic carbocycles. The largest absolute Gasteiger partial charge is 0.508 e. The lowest BCUT2D eigenvalue weighted by Gasteiger charge is -2.38. The maximum absolute atomic E-state index is 11.3. The molecule has 0 aromatic heterocycles. The maximum atomic E-state index is 11.3. The van der Waals surface area contributed by atoms with E-state index < -0.39 is 6.09 Å². The van der Waals surface area contributed by atoms with Crippen LogP contribution in [0.5, 0.6) is 5.75 Å². The molecule has 0 spiro atoms. The molecule has 4 nitrogen and oxygen atoms in total. The number of halogens is 1. The Balaban J connectivity index is 0.00000162. The highest BCUT2D eigenvalue weighted by Crippen LogP contribution is 2.39. The molecular formula is C13H18ClNO3. The number of aryl methyl sites for hydroxylation is 1. The van der Waals surface area contributed by atoms with Gasteiger partial charge in [0.2, 0.25) is 0 Å². The van der Waals surface area contributed by atoms with E-state index in [0.717, 1.165) is 11.1 Å². The first-order chi connectivity index (χ1) is 7.90. The van der Waals surface area contributed by atoms with Crippen LogP contribution in [0.15, 0.2) is 18.2 Å². The van der Waals surface area contributed by atoms with Gasteiger partial charge in [-0.2, -0.15) is 0 Å². The van der Waals surface area contributed by atoms with Crippen LogP contribution >= 0.6 is 12.4 Å². The molecule has 0 saturated carbocycles. The number of benzene rings is 1. The summed E-state index contributed by atoms with van der Waals surface area (Å²) in [5.41, 5.74) is 1.47. The zero-order valence-electron chi connectivity index (χ0n) is 10.7. The monoisotopic (exact) mass is 271 g/mol. The van der Waals surface area contributed by atoms with E-state index in [0.29, 0.717) is 6.61 Å². The topological polar surface area (TPSA) is 58.6 Å². The normalized spacial score (nSPS) is 21.5. The SMILES string of the molecule is Cc1ccc([C@@H]2NC(=O)OCC2(C)C)c(O)c1.Cl. The summed E-state index contributed by atoms with van der Waals surface area (Å²) in [6.07, 6.45) is -0.436. The minimum absolute atomic E-state index is 0. The molecule has 1 aliphatic rings. The summed E-state index contributed by atoms with van der Waals surface area (Å²) in [5, 5.41) is 12.7. The van der Waals surface area contributed by atoms with Gasteiger partial charge in [0.15, 0.2) is 0 Å². The van der Waals surface area contributed by atoms with Gasteiger partial charge in [-0.3, -0.25) is 0 Å². The van der Waals surface area contributed by atoms with E-state index in [1.54, 1.807) is 6.07 Å². The number of amides is 1. The third-order valence-electron chi connectivity index (χ3n) is 3.12. The molecule has 100 valence electrons. The molecule has 0 bridgehead atoms. The van der Waals surface area contributed by atoms with Crippen molar-refractivity contribution in [2.75, 3.05) is 6.61 Å². The van der Waals surface area contributed by atoms with Crippen molar-refractivity contribution in [3.63, 3.8) is 0 Å². The van der Waals surface area contributed by atoms with Gasteiger partial charge in [0.05, 0.1) is 6.04 Å². The minimum atomic E-state index is -0.436. The predicted molar refractivity (Wildman–Crippen MR) is 71.1 cm³/mol. The van der Waals surface area contributed by atoms with E-state index in [-0.39, 0.29) is 29.6 Å². The van der Waals surface area contributed by atoms with Crippen LogP contribution in [-0.4, -0.2) is 17.8 Å². The summed E-state index contributed by atoms with van der Waals surface area (Å²) in [7, 11) is 0. The number of rotatable bonds is 1. The first kappa shape index (κ1) is 14.6. The Morgan fingerprint density at radius 1 is 1.44 bits per heavy atom. The fourth-order valence-corrected chi connectivity index (χ4v) is 2.09. The first-order valence-corrected chi connectivity index (χ1v) is 5.63. The Labute approximate surface area is 113 Å². The second-order valence-corrected chi connectivity index (χ2v) is 5.20. The molecule has 1 atom stereocenters. The van der Waals surface area contributed by atoms with Crippen LogP contribution in [0.25, 0.3) is 0 Å². The zero-order valence-corrected chi connectivity index (χ0v) is 11.5. The molecule has 2 N–H and O–H groups in total. The number of cyclic esters (lactones) is 1. The standard InChI is InChI=1S/C13H17NO3.ClH/c1-8-4-5-9(10(15)6-8)11-13(2,3)7-17-12(16)14-11;/h4-6,11,15H,7H2,1-3H3,(H,14,16);1H/t11-;/m0./s1. The summed E-state index contributed by atoms with van der Waals surface area (Å²) in [6.45, 7) is 6.25. The van der Waals surface area contributed by atoms with Crippen LogP contribution in [-0.2, 0) is 4.74 Å². The van der Waals surface area contributed by atoms with Crippen LogP contribution in [0.3, 0.4) is 0 Å². The summed E-state index contributed by atoms with van der Waals surface area (Å²) >= 11 is 0. The third kappa shape index (κ3) is 2.70. The minimum Gasteiger partial charge on any atom is -0.508 e. The molecular weight excluding hydrogens is 254 g/mol. The fraction of sp³-hybridized carbons (Fsp3) is 0.462. The number of carbonyl (C=O) groups excluding carboxylic acids is 1. The Morgan fingerprint density at radius 2 is 2.11 bits per heavy atom. The molecule has 0 radical (unpaired) electrons. The van der Waals surface area contributed by atoms with Crippen LogP contribution in [0, 0.1) is 12.3 Å². The van der Waals surface area contributed by atoms with Gasteiger partial charge < -0.3 is 15.2 Å². The zero-order chi connectivity index (χ0) is 12.6. The predicted octanol–water partition coefficient (Wildman–Crippen LogP) is 2.93. The van der Waals surface area contributed by atoms with Crippen molar-refractivity contribution in [2.24, 2.45) is 5.41 Å². The van der Waals surface area contributed by atoms with Gasteiger partial charge >= 0.3 is 6.09 Å². The van der Waals surface area contributed by atoms with Crippen molar-refractivity contribution < 1.29 is 14.6 Å². The highest BCUT2D eigenvalue weighted by atomic mass is 35.5. The van der Waals surface area contributed by atoms with E-state index in [9.17, 15) is 9.90 Å². The molecule has 5 heteroatoms. The average Bonchev–Trinajstić information content (AvgIpc) is 2.23. The Hall–Kier alpha value is -1.42. The van der Waals surface area contributed by atoms with Crippen molar-refractivity contribution in [2.45, 2.75) is 26.8 Å². The molecule has 1 aromatic rings. The van der Waals surface area contributed by atoms with Gasteiger partial charge in [-0.05, 0) is 18.6 Å². The molecule has 1 heterocycles. The van der Waals surface area contributed by atoms with Crippen molar-refractivity contribution in [3.8, 4) is 5.75 Å². The number of hydrogen-bond acceptors (Lipinski definition) is 3. The number of ether oxygens (including phenoxy) is 1. The molecule has 0 aliphatic carbocycles. The highest BCUT2D eigenvalue weighted by Gasteiger charge is 2.39. The lowest BCUT2D eigenvalue weighted by atomic mass is 9.80. The van der Waals surface area contributed by atoms with E-state index in [1.807, 2.05) is 32.9 Å². The third-order valence-corrected chi connectivity index (χ3v) is 3.12. The first-order valence-electron chi connectivity index (χ1n) is 5.63. The van der Waals surface area contributed by atoms with Gasteiger partial charge in [-0.15, -0.1) is 12.4 Å². The van der Waals surface area contributed by atoms with Crippen molar-refractivity contribution in [1.29, 1.82) is 0 Å². The van der Waals surface area contributed by atoms with E-state index in [1.165, 1.54) is 0 Å². The number of hydrogen-bond donors (Lipinski definition) is 2. The number of carbonyl (C=O) groups is 1. The fourth-order valence-electron chi connectivity index (χ4n) is 2.09. The van der Waals surface area contributed by atoms with Crippen LogP contribution in [0.4, 0.5) is 4.79 Å². The number of phenols is 1. The van der Waals surface area contributed by atoms with Crippen LogP contribution < -0.4 is 5.32 Å². The molecule has 2 rings (SSSR count). The molecule has 18 heavy (non-hydrogen) atoms. The number of nitrogens with one attached hydrogen (secondary N) is 1. The van der Waals surface area contributed by atoms with Crippen molar-refractivity contribution >= 4 is 18.5 Å². The Bertz CT molecular complexity index is 460. The van der Waals surface area contributed by atoms with Gasteiger partial charge in [-0.1, -0.05) is 26.0 Å². The smallest absolute Gasteiger partial charge is 0.407 e. The van der Waals surface area contributed by atoms with Crippen LogP contribution in [0.1, 0.15) is 31.0 Å². The van der Waals surface area contributed by atoms with Crippen molar-refractivity contribution in [3.05, 3.63) is 29.3 Å². The van der Waals surface area contributed by atoms with E-state index in [2.05, 4.69) is 5.32 Å². The number of phenolic OH excluding ortho intramolecular Hbond substituents is 1. The molecule has 0 unspecified atom stereocenters. The number of aromatic hydroxyl groups is 1.